The van der Waals surface area contributed by atoms with Crippen molar-refractivity contribution in [2.75, 3.05) is 13.2 Å². The third-order valence-corrected chi connectivity index (χ3v) is 5.36. The van der Waals surface area contributed by atoms with Gasteiger partial charge in [-0.2, -0.15) is 0 Å². The van der Waals surface area contributed by atoms with E-state index in [-0.39, 0.29) is 0 Å². The molecular weight excluding hydrogens is 234 g/mol. The van der Waals surface area contributed by atoms with Gasteiger partial charge >= 0.3 is 0 Å². The zero-order valence-electron chi connectivity index (χ0n) is 13.5. The maximum atomic E-state index is 8.99. The summed E-state index contributed by atoms with van der Waals surface area (Å²) in [5.41, 5.74) is 0.529. The van der Waals surface area contributed by atoms with E-state index in [0.29, 0.717) is 17.9 Å². The van der Waals surface area contributed by atoms with Crippen LogP contribution in [0.4, 0.5) is 0 Å². The standard InChI is InChI=1S/C17H35NO/c1-5-17(3,4)15-8-10-16(11-9-15)18-12-6-7-14(2)13-19/h14-16,18-19H,5-13H2,1-4H3. The molecule has 1 rings (SSSR count). The molecule has 0 aromatic rings. The van der Waals surface area contributed by atoms with Gasteiger partial charge in [0.2, 0.25) is 0 Å². The number of hydrogen-bond acceptors (Lipinski definition) is 2. The van der Waals surface area contributed by atoms with Crippen molar-refractivity contribution in [2.24, 2.45) is 17.3 Å². The van der Waals surface area contributed by atoms with Crippen LogP contribution < -0.4 is 5.32 Å². The van der Waals surface area contributed by atoms with Gasteiger partial charge in [0.25, 0.3) is 0 Å². The molecule has 19 heavy (non-hydrogen) atoms. The van der Waals surface area contributed by atoms with Gasteiger partial charge in [0.1, 0.15) is 0 Å². The second-order valence-corrected chi connectivity index (χ2v) is 7.27. The minimum atomic E-state index is 0.331. The van der Waals surface area contributed by atoms with Crippen molar-refractivity contribution in [1.82, 2.24) is 5.32 Å². The molecule has 0 aromatic heterocycles. The predicted octanol–water partition coefficient (Wildman–Crippen LogP) is 3.98. The Kier molecular flexibility index (Phi) is 7.38. The van der Waals surface area contributed by atoms with Gasteiger partial charge in [0, 0.05) is 12.6 Å². The van der Waals surface area contributed by atoms with Crippen LogP contribution in [0.5, 0.6) is 0 Å². The second-order valence-electron chi connectivity index (χ2n) is 7.27. The van der Waals surface area contributed by atoms with E-state index in [1.54, 1.807) is 0 Å². The molecule has 0 amide bonds. The van der Waals surface area contributed by atoms with Crippen LogP contribution in [0.3, 0.4) is 0 Å². The molecule has 0 aromatic carbocycles. The summed E-state index contributed by atoms with van der Waals surface area (Å²) in [7, 11) is 0. The molecule has 0 radical (unpaired) electrons. The van der Waals surface area contributed by atoms with Crippen molar-refractivity contribution in [2.45, 2.75) is 78.7 Å². The van der Waals surface area contributed by atoms with Gasteiger partial charge in [0.15, 0.2) is 0 Å². The fraction of sp³-hybridized carbons (Fsp3) is 1.00. The maximum absolute atomic E-state index is 8.99. The molecule has 114 valence electrons. The first-order valence-corrected chi connectivity index (χ1v) is 8.33. The minimum absolute atomic E-state index is 0.331. The van der Waals surface area contributed by atoms with Crippen molar-refractivity contribution < 1.29 is 5.11 Å². The molecule has 1 aliphatic rings. The third-order valence-electron chi connectivity index (χ3n) is 5.36. The highest BCUT2D eigenvalue weighted by Gasteiger charge is 2.31. The minimum Gasteiger partial charge on any atom is -0.396 e. The molecule has 1 aliphatic carbocycles. The van der Waals surface area contributed by atoms with Crippen LogP contribution in [0.1, 0.15) is 72.6 Å². The summed E-state index contributed by atoms with van der Waals surface area (Å²) in [5, 5.41) is 12.7. The normalized spacial score (nSPS) is 26.4. The molecule has 0 spiro atoms. The molecule has 1 unspecified atom stereocenters. The highest BCUT2D eigenvalue weighted by molar-refractivity contribution is 4.84. The lowest BCUT2D eigenvalue weighted by Gasteiger charge is -2.39. The Balaban J connectivity index is 2.13. The Morgan fingerprint density at radius 3 is 2.37 bits per heavy atom. The molecule has 0 bridgehead atoms. The van der Waals surface area contributed by atoms with Crippen LogP contribution in [0, 0.1) is 17.3 Å². The van der Waals surface area contributed by atoms with E-state index in [4.69, 9.17) is 5.11 Å². The summed E-state index contributed by atoms with van der Waals surface area (Å²) in [4.78, 5) is 0. The summed E-state index contributed by atoms with van der Waals surface area (Å²) in [6.07, 6.45) is 9.13. The number of nitrogens with one attached hydrogen (secondary N) is 1. The third kappa shape index (κ3) is 5.83. The average Bonchev–Trinajstić information content (AvgIpc) is 2.43. The van der Waals surface area contributed by atoms with Crippen LogP contribution in [0.2, 0.25) is 0 Å². The fourth-order valence-corrected chi connectivity index (χ4v) is 3.22. The van der Waals surface area contributed by atoms with E-state index in [2.05, 4.69) is 33.0 Å². The fourth-order valence-electron chi connectivity index (χ4n) is 3.22. The molecule has 2 heteroatoms. The summed E-state index contributed by atoms with van der Waals surface area (Å²) in [6.45, 7) is 10.8. The molecule has 1 saturated carbocycles. The summed E-state index contributed by atoms with van der Waals surface area (Å²) in [5.74, 6) is 1.38. The van der Waals surface area contributed by atoms with E-state index in [0.717, 1.165) is 24.9 Å². The molecule has 2 N–H and O–H groups in total. The summed E-state index contributed by atoms with van der Waals surface area (Å²) >= 11 is 0. The highest BCUT2D eigenvalue weighted by Crippen LogP contribution is 2.40. The van der Waals surface area contributed by atoms with E-state index in [1.165, 1.54) is 38.5 Å². The molecule has 0 aliphatic heterocycles. The Labute approximate surface area is 120 Å². The van der Waals surface area contributed by atoms with E-state index < -0.39 is 0 Å². The Morgan fingerprint density at radius 2 is 1.84 bits per heavy atom. The topological polar surface area (TPSA) is 32.3 Å². The SMILES string of the molecule is CCC(C)(C)C1CCC(NCCCC(C)CO)CC1. The summed E-state index contributed by atoms with van der Waals surface area (Å²) < 4.78 is 0. The van der Waals surface area contributed by atoms with E-state index in [9.17, 15) is 0 Å². The maximum Gasteiger partial charge on any atom is 0.0456 e. The van der Waals surface area contributed by atoms with Gasteiger partial charge in [-0.3, -0.25) is 0 Å². The van der Waals surface area contributed by atoms with E-state index in [1.807, 2.05) is 0 Å². The average molecular weight is 269 g/mol. The Hall–Kier alpha value is -0.0800. The van der Waals surface area contributed by atoms with Crippen molar-refractivity contribution in [3.8, 4) is 0 Å². The Bertz CT molecular complexity index is 231. The first-order chi connectivity index (χ1) is 8.99. The van der Waals surface area contributed by atoms with E-state index >= 15 is 0 Å². The Morgan fingerprint density at radius 1 is 1.21 bits per heavy atom. The molecule has 2 nitrogen and oxygen atoms in total. The molecule has 0 heterocycles. The number of aliphatic hydroxyl groups is 1. The van der Waals surface area contributed by atoms with Crippen molar-refractivity contribution >= 4 is 0 Å². The molecule has 1 atom stereocenters. The van der Waals surface area contributed by atoms with Crippen LogP contribution in [0.15, 0.2) is 0 Å². The largest absolute Gasteiger partial charge is 0.396 e. The number of aliphatic hydroxyl groups excluding tert-OH is 1. The van der Waals surface area contributed by atoms with Crippen LogP contribution in [-0.2, 0) is 0 Å². The zero-order valence-corrected chi connectivity index (χ0v) is 13.5. The van der Waals surface area contributed by atoms with Gasteiger partial charge in [0.05, 0.1) is 0 Å². The summed E-state index contributed by atoms with van der Waals surface area (Å²) in [6, 6.07) is 0.744. The molecule has 0 saturated heterocycles. The highest BCUT2D eigenvalue weighted by atomic mass is 16.3. The lowest BCUT2D eigenvalue weighted by molar-refractivity contribution is 0.137. The quantitative estimate of drug-likeness (QED) is 0.653. The van der Waals surface area contributed by atoms with Gasteiger partial charge in [-0.05, 0) is 62.3 Å². The monoisotopic (exact) mass is 269 g/mol. The van der Waals surface area contributed by atoms with Crippen molar-refractivity contribution in [3.05, 3.63) is 0 Å². The smallest absolute Gasteiger partial charge is 0.0456 e. The lowest BCUT2D eigenvalue weighted by atomic mass is 9.69. The van der Waals surface area contributed by atoms with Gasteiger partial charge in [-0.25, -0.2) is 0 Å². The van der Waals surface area contributed by atoms with Gasteiger partial charge < -0.3 is 10.4 Å². The molecule has 1 fully saturated rings. The van der Waals surface area contributed by atoms with Gasteiger partial charge in [-0.1, -0.05) is 34.1 Å². The van der Waals surface area contributed by atoms with Crippen molar-refractivity contribution in [3.63, 3.8) is 0 Å². The van der Waals surface area contributed by atoms with Gasteiger partial charge in [-0.15, -0.1) is 0 Å². The van der Waals surface area contributed by atoms with Crippen LogP contribution >= 0.6 is 0 Å². The first kappa shape index (κ1) is 17.0. The first-order valence-electron chi connectivity index (χ1n) is 8.33. The van der Waals surface area contributed by atoms with Crippen LogP contribution in [-0.4, -0.2) is 24.3 Å². The van der Waals surface area contributed by atoms with Crippen molar-refractivity contribution in [1.29, 1.82) is 0 Å². The zero-order chi connectivity index (χ0) is 14.3. The molecular formula is C17H35NO. The number of hydrogen-bond donors (Lipinski definition) is 2. The van der Waals surface area contributed by atoms with Crippen LogP contribution in [0.25, 0.3) is 0 Å². The number of rotatable bonds is 8. The lowest BCUT2D eigenvalue weighted by Crippen LogP contribution is -2.37. The second kappa shape index (κ2) is 8.26. The predicted molar refractivity (Wildman–Crippen MR) is 83.3 cm³/mol.